The highest BCUT2D eigenvalue weighted by molar-refractivity contribution is 6.30. The van der Waals surface area contributed by atoms with Crippen molar-refractivity contribution in [1.29, 1.82) is 0 Å². The molecule has 3 rings (SSSR count). The maximum Gasteiger partial charge on any atom is 0.269 e. The molecule has 0 saturated heterocycles. The average Bonchev–Trinajstić information content (AvgIpc) is 3.11. The second-order valence-corrected chi connectivity index (χ2v) is 6.41. The van der Waals surface area contributed by atoms with Gasteiger partial charge in [0.25, 0.3) is 5.91 Å². The number of hydrogen-bond donors (Lipinski definition) is 4. The molecule has 2 unspecified atom stereocenters. The molecule has 0 saturated carbocycles. The molecule has 2 atom stereocenters. The van der Waals surface area contributed by atoms with Crippen molar-refractivity contribution in [3.8, 4) is 11.1 Å². The van der Waals surface area contributed by atoms with Crippen molar-refractivity contribution in [3.05, 3.63) is 76.3 Å². The normalized spacial score (nSPS) is 13.2. The van der Waals surface area contributed by atoms with Crippen LogP contribution in [0.4, 0.5) is 0 Å². The molecule has 0 aliphatic heterocycles. The van der Waals surface area contributed by atoms with Crippen LogP contribution in [0.3, 0.4) is 0 Å². The molecular weight excluding hydrogens is 377 g/mol. The summed E-state index contributed by atoms with van der Waals surface area (Å²) >= 11 is 11.7. The quantitative estimate of drug-likeness (QED) is 0.396. The van der Waals surface area contributed by atoms with E-state index in [1.54, 1.807) is 48.8 Å². The molecule has 0 spiro atoms. The van der Waals surface area contributed by atoms with Crippen LogP contribution < -0.4 is 5.32 Å². The van der Waals surface area contributed by atoms with Gasteiger partial charge in [-0.1, -0.05) is 35.3 Å². The van der Waals surface area contributed by atoms with E-state index in [1.807, 2.05) is 0 Å². The lowest BCUT2D eigenvalue weighted by molar-refractivity contribution is -0.000948. The molecule has 3 aromatic rings. The maximum absolute atomic E-state index is 12.3. The van der Waals surface area contributed by atoms with Gasteiger partial charge in [-0.05, 0) is 41.5 Å². The third-order valence-electron chi connectivity index (χ3n) is 3.76. The van der Waals surface area contributed by atoms with E-state index >= 15 is 0 Å². The van der Waals surface area contributed by atoms with Crippen LogP contribution in [0, 0.1) is 0 Å². The minimum Gasteiger partial charge on any atom is -0.384 e. The summed E-state index contributed by atoms with van der Waals surface area (Å²) in [7, 11) is 0. The molecule has 2 aromatic heterocycles. The van der Waals surface area contributed by atoms with Crippen molar-refractivity contribution < 1.29 is 15.0 Å². The van der Waals surface area contributed by atoms with Crippen molar-refractivity contribution in [1.82, 2.24) is 15.3 Å². The van der Waals surface area contributed by atoms with Gasteiger partial charge in [-0.2, -0.15) is 0 Å². The molecule has 0 aliphatic carbocycles. The van der Waals surface area contributed by atoms with Crippen molar-refractivity contribution in [2.75, 3.05) is 0 Å². The number of nitrogens with one attached hydrogen (secondary N) is 2. The first kappa shape index (κ1) is 18.4. The number of hydrogen-bond acceptors (Lipinski definition) is 4. The summed E-state index contributed by atoms with van der Waals surface area (Å²) in [5.41, 5.74) is 2.15. The summed E-state index contributed by atoms with van der Waals surface area (Å²) in [6.45, 7) is 0. The fourth-order valence-corrected chi connectivity index (χ4v) is 2.81. The zero-order valence-electron chi connectivity index (χ0n) is 13.4. The fraction of sp³-hybridized carbons (Fsp3) is 0.111. The predicted molar refractivity (Wildman–Crippen MR) is 98.9 cm³/mol. The first-order valence-corrected chi connectivity index (χ1v) is 8.42. The van der Waals surface area contributed by atoms with Gasteiger partial charge in [0.05, 0.1) is 0 Å². The van der Waals surface area contributed by atoms with Crippen LogP contribution in [0.15, 0.2) is 54.9 Å². The van der Waals surface area contributed by atoms with E-state index in [1.165, 1.54) is 6.07 Å². The minimum absolute atomic E-state index is 0.227. The standard InChI is InChI=1S/C18H15Cl2N3O3/c19-13-3-1-2-11(6-13)16(24)18(26)23-17(25)14-7-12(9-22-14)10-4-5-21-15(20)8-10/h1-9,16,18,22,24,26H,(H,23,25). The van der Waals surface area contributed by atoms with Crippen molar-refractivity contribution >= 4 is 29.1 Å². The maximum atomic E-state index is 12.3. The van der Waals surface area contributed by atoms with Crippen LogP contribution in [0.1, 0.15) is 22.2 Å². The van der Waals surface area contributed by atoms with Gasteiger partial charge in [0.15, 0.2) is 6.23 Å². The molecule has 1 amide bonds. The molecule has 26 heavy (non-hydrogen) atoms. The first-order valence-electron chi connectivity index (χ1n) is 7.67. The van der Waals surface area contributed by atoms with Gasteiger partial charge in [-0.15, -0.1) is 0 Å². The number of aromatic nitrogens is 2. The number of halogens is 2. The SMILES string of the molecule is O=C(NC(O)C(O)c1cccc(Cl)c1)c1cc(-c2ccnc(Cl)c2)c[nH]1. The Hall–Kier alpha value is -2.38. The molecule has 6 nitrogen and oxygen atoms in total. The summed E-state index contributed by atoms with van der Waals surface area (Å²) < 4.78 is 0. The Bertz CT molecular complexity index is 929. The first-order chi connectivity index (χ1) is 12.4. The van der Waals surface area contributed by atoms with Crippen molar-refractivity contribution in [2.45, 2.75) is 12.3 Å². The molecule has 134 valence electrons. The minimum atomic E-state index is -1.50. The molecule has 8 heteroatoms. The van der Waals surface area contributed by atoms with Crippen molar-refractivity contribution in [3.63, 3.8) is 0 Å². The zero-order valence-corrected chi connectivity index (χ0v) is 14.9. The van der Waals surface area contributed by atoms with Gasteiger partial charge < -0.3 is 20.5 Å². The second-order valence-electron chi connectivity index (χ2n) is 5.59. The molecule has 0 aliphatic rings. The molecule has 0 bridgehead atoms. The van der Waals surface area contributed by atoms with Gasteiger partial charge in [0, 0.05) is 23.0 Å². The van der Waals surface area contributed by atoms with Gasteiger partial charge in [0.1, 0.15) is 17.0 Å². The molecule has 2 heterocycles. The van der Waals surface area contributed by atoms with Crippen LogP contribution >= 0.6 is 23.2 Å². The topological polar surface area (TPSA) is 98.2 Å². The molecular formula is C18H15Cl2N3O3. The summed E-state index contributed by atoms with van der Waals surface area (Å²) in [6, 6.07) is 11.5. The lowest BCUT2D eigenvalue weighted by Crippen LogP contribution is -2.39. The number of rotatable bonds is 5. The molecule has 4 N–H and O–H groups in total. The summed E-state index contributed by atoms with van der Waals surface area (Å²) in [6.07, 6.45) is 0.393. The van der Waals surface area contributed by atoms with E-state index in [2.05, 4.69) is 15.3 Å². The van der Waals surface area contributed by atoms with Gasteiger partial charge in [-0.3, -0.25) is 4.79 Å². The van der Waals surface area contributed by atoms with Gasteiger partial charge in [-0.25, -0.2) is 4.98 Å². The number of amides is 1. The zero-order chi connectivity index (χ0) is 18.7. The van der Waals surface area contributed by atoms with Crippen molar-refractivity contribution in [2.24, 2.45) is 0 Å². The Balaban J connectivity index is 1.70. The van der Waals surface area contributed by atoms with Crippen LogP contribution in [-0.2, 0) is 0 Å². The van der Waals surface area contributed by atoms with Gasteiger partial charge >= 0.3 is 0 Å². The van der Waals surface area contributed by atoms with E-state index < -0.39 is 18.2 Å². The number of nitrogens with zero attached hydrogens (tertiary/aromatic N) is 1. The Morgan fingerprint density at radius 2 is 1.92 bits per heavy atom. The highest BCUT2D eigenvalue weighted by Crippen LogP contribution is 2.23. The number of H-pyrrole nitrogens is 1. The van der Waals surface area contributed by atoms with Crippen LogP contribution in [0.2, 0.25) is 10.2 Å². The van der Waals surface area contributed by atoms with E-state index in [0.717, 1.165) is 11.1 Å². The second kappa shape index (κ2) is 7.88. The Labute approximate surface area is 159 Å². The number of aromatic amines is 1. The van der Waals surface area contributed by atoms with Crippen LogP contribution in [0.25, 0.3) is 11.1 Å². The highest BCUT2D eigenvalue weighted by Gasteiger charge is 2.22. The summed E-state index contributed by atoms with van der Waals surface area (Å²) in [5.74, 6) is -0.565. The van der Waals surface area contributed by atoms with E-state index in [9.17, 15) is 15.0 Å². The number of benzene rings is 1. The molecule has 0 fully saturated rings. The number of carbonyl (C=O) groups is 1. The van der Waals surface area contributed by atoms with E-state index in [0.29, 0.717) is 15.7 Å². The Morgan fingerprint density at radius 1 is 1.12 bits per heavy atom. The average molecular weight is 392 g/mol. The lowest BCUT2D eigenvalue weighted by atomic mass is 10.1. The Morgan fingerprint density at radius 3 is 2.65 bits per heavy atom. The number of aliphatic hydroxyl groups is 2. The third-order valence-corrected chi connectivity index (χ3v) is 4.20. The fourth-order valence-electron chi connectivity index (χ4n) is 2.44. The highest BCUT2D eigenvalue weighted by atomic mass is 35.5. The third kappa shape index (κ3) is 4.23. The number of carbonyl (C=O) groups excluding carboxylic acids is 1. The largest absolute Gasteiger partial charge is 0.384 e. The molecule has 0 radical (unpaired) electrons. The predicted octanol–water partition coefficient (Wildman–Crippen LogP) is 3.17. The molecule has 1 aromatic carbocycles. The summed E-state index contributed by atoms with van der Waals surface area (Å²) in [4.78, 5) is 19.0. The summed E-state index contributed by atoms with van der Waals surface area (Å²) in [5, 5.41) is 23.4. The van der Waals surface area contributed by atoms with Gasteiger partial charge in [0.2, 0.25) is 0 Å². The van der Waals surface area contributed by atoms with E-state index in [-0.39, 0.29) is 5.69 Å². The smallest absolute Gasteiger partial charge is 0.269 e. The van der Waals surface area contributed by atoms with Crippen LogP contribution in [-0.4, -0.2) is 32.3 Å². The number of aliphatic hydroxyl groups excluding tert-OH is 2. The monoisotopic (exact) mass is 391 g/mol. The van der Waals surface area contributed by atoms with Crippen LogP contribution in [0.5, 0.6) is 0 Å². The lowest BCUT2D eigenvalue weighted by Gasteiger charge is -2.19. The van der Waals surface area contributed by atoms with E-state index in [4.69, 9.17) is 23.2 Å². The number of pyridine rings is 1. The Kier molecular flexibility index (Phi) is 5.58.